The van der Waals surface area contributed by atoms with E-state index in [-0.39, 0.29) is 18.6 Å². The Balaban J connectivity index is 2.48. The zero-order valence-corrected chi connectivity index (χ0v) is 12.4. The molecule has 0 fully saturated rings. The van der Waals surface area contributed by atoms with E-state index < -0.39 is 11.9 Å². The minimum absolute atomic E-state index is 0.0925. The lowest BCUT2D eigenvalue weighted by Crippen LogP contribution is -2.40. The molecular formula is C13H20N2O3S. The molecule has 0 bridgehead atoms. The van der Waals surface area contributed by atoms with E-state index in [9.17, 15) is 9.59 Å². The van der Waals surface area contributed by atoms with Crippen LogP contribution in [0.15, 0.2) is 6.07 Å². The highest BCUT2D eigenvalue weighted by Gasteiger charge is 2.15. The number of carboxylic acid groups (broad SMARTS) is 1. The van der Waals surface area contributed by atoms with Crippen LogP contribution in [0.2, 0.25) is 0 Å². The fraction of sp³-hybridized carbons (Fsp3) is 0.538. The van der Waals surface area contributed by atoms with E-state index in [1.165, 1.54) is 9.75 Å². The number of hydrogen-bond donors (Lipinski definition) is 3. The molecule has 1 heterocycles. The Kier molecular flexibility index (Phi) is 5.35. The van der Waals surface area contributed by atoms with Gasteiger partial charge in [-0.25, -0.2) is 4.79 Å². The summed E-state index contributed by atoms with van der Waals surface area (Å²) in [4.78, 5) is 24.7. The lowest BCUT2D eigenvalue weighted by molar-refractivity contribution is -0.140. The number of urea groups is 1. The smallest absolute Gasteiger partial charge is 0.315 e. The van der Waals surface area contributed by atoms with Crippen molar-refractivity contribution in [1.82, 2.24) is 10.6 Å². The molecule has 1 aromatic heterocycles. The van der Waals surface area contributed by atoms with Gasteiger partial charge >= 0.3 is 12.0 Å². The second-order valence-corrected chi connectivity index (χ2v) is 6.14. The molecule has 19 heavy (non-hydrogen) atoms. The van der Waals surface area contributed by atoms with Crippen LogP contribution in [-0.2, 0) is 4.79 Å². The Morgan fingerprint density at radius 1 is 1.37 bits per heavy atom. The SMILES string of the molecule is Cc1cc(C(C)NC(=O)NCC(C)C(=O)O)c(C)s1. The van der Waals surface area contributed by atoms with Gasteiger partial charge in [-0.2, -0.15) is 0 Å². The number of thiophene rings is 1. The number of hydrogen-bond acceptors (Lipinski definition) is 3. The Morgan fingerprint density at radius 3 is 2.47 bits per heavy atom. The van der Waals surface area contributed by atoms with Gasteiger partial charge in [0.25, 0.3) is 0 Å². The maximum atomic E-state index is 11.7. The molecule has 2 amide bonds. The van der Waals surface area contributed by atoms with Crippen molar-refractivity contribution in [3.63, 3.8) is 0 Å². The first-order chi connectivity index (χ1) is 8.81. The molecule has 1 rings (SSSR count). The van der Waals surface area contributed by atoms with Crippen molar-refractivity contribution in [2.75, 3.05) is 6.54 Å². The molecule has 0 aliphatic rings. The molecule has 0 aromatic carbocycles. The average molecular weight is 284 g/mol. The number of amides is 2. The fourth-order valence-electron chi connectivity index (χ4n) is 1.74. The number of nitrogens with one attached hydrogen (secondary N) is 2. The molecule has 5 nitrogen and oxygen atoms in total. The standard InChI is InChI=1S/C13H20N2O3S/c1-7(12(16)17)6-14-13(18)15-9(3)11-5-8(2)19-10(11)4/h5,7,9H,6H2,1-4H3,(H,16,17)(H2,14,15,18). The predicted octanol–water partition coefficient (Wildman–Crippen LogP) is 2.45. The molecule has 0 radical (unpaired) electrons. The van der Waals surface area contributed by atoms with Crippen molar-refractivity contribution in [2.45, 2.75) is 33.7 Å². The van der Waals surface area contributed by atoms with Gasteiger partial charge in [-0.15, -0.1) is 11.3 Å². The summed E-state index contributed by atoms with van der Waals surface area (Å²) in [5.74, 6) is -1.51. The van der Waals surface area contributed by atoms with E-state index in [0.717, 1.165) is 5.56 Å². The van der Waals surface area contributed by atoms with Crippen molar-refractivity contribution >= 4 is 23.3 Å². The number of aliphatic carboxylic acids is 1. The summed E-state index contributed by atoms with van der Waals surface area (Å²) < 4.78 is 0. The number of aryl methyl sites for hydroxylation is 2. The van der Waals surface area contributed by atoms with Gasteiger partial charge in [-0.05, 0) is 32.4 Å². The van der Waals surface area contributed by atoms with Gasteiger partial charge in [-0.3, -0.25) is 4.79 Å². The van der Waals surface area contributed by atoms with Crippen molar-refractivity contribution in [1.29, 1.82) is 0 Å². The lowest BCUT2D eigenvalue weighted by Gasteiger charge is -2.15. The molecule has 106 valence electrons. The third kappa shape index (κ3) is 4.55. The van der Waals surface area contributed by atoms with Crippen molar-refractivity contribution < 1.29 is 14.7 Å². The molecule has 1 aromatic rings. The molecule has 0 saturated heterocycles. The molecule has 0 aliphatic carbocycles. The summed E-state index contributed by atoms with van der Waals surface area (Å²) in [5.41, 5.74) is 1.10. The second-order valence-electron chi connectivity index (χ2n) is 4.68. The Morgan fingerprint density at radius 2 is 2.00 bits per heavy atom. The molecule has 0 aliphatic heterocycles. The first-order valence-electron chi connectivity index (χ1n) is 6.15. The van der Waals surface area contributed by atoms with Crippen LogP contribution in [0.25, 0.3) is 0 Å². The Labute approximate surface area is 117 Å². The lowest BCUT2D eigenvalue weighted by atomic mass is 10.1. The minimum atomic E-state index is -0.919. The molecule has 2 atom stereocenters. The van der Waals surface area contributed by atoms with Crippen LogP contribution < -0.4 is 10.6 Å². The van der Waals surface area contributed by atoms with Gasteiger partial charge in [0.1, 0.15) is 0 Å². The van der Waals surface area contributed by atoms with E-state index >= 15 is 0 Å². The molecular weight excluding hydrogens is 264 g/mol. The van der Waals surface area contributed by atoms with E-state index in [4.69, 9.17) is 5.11 Å². The van der Waals surface area contributed by atoms with Gasteiger partial charge in [0.05, 0.1) is 12.0 Å². The molecule has 0 saturated carbocycles. The van der Waals surface area contributed by atoms with Crippen LogP contribution in [0, 0.1) is 19.8 Å². The van der Waals surface area contributed by atoms with E-state index in [2.05, 4.69) is 16.7 Å². The average Bonchev–Trinajstić information content (AvgIpc) is 2.65. The van der Waals surface area contributed by atoms with Crippen LogP contribution in [0.1, 0.15) is 35.2 Å². The van der Waals surface area contributed by atoms with Gasteiger partial charge < -0.3 is 15.7 Å². The first kappa shape index (κ1) is 15.5. The van der Waals surface area contributed by atoms with Gasteiger partial charge in [0, 0.05) is 16.3 Å². The zero-order valence-electron chi connectivity index (χ0n) is 11.6. The fourth-order valence-corrected chi connectivity index (χ4v) is 2.76. The number of carboxylic acids is 1. The number of carbonyl (C=O) groups is 2. The summed E-state index contributed by atoms with van der Waals surface area (Å²) in [6, 6.07) is 1.62. The van der Waals surface area contributed by atoms with E-state index in [1.54, 1.807) is 18.3 Å². The maximum absolute atomic E-state index is 11.7. The topological polar surface area (TPSA) is 78.4 Å². The summed E-state index contributed by atoms with van der Waals surface area (Å²) in [5, 5.41) is 14.1. The van der Waals surface area contributed by atoms with Crippen molar-refractivity contribution in [3.05, 3.63) is 21.4 Å². The van der Waals surface area contributed by atoms with Crippen LogP contribution >= 0.6 is 11.3 Å². The van der Waals surface area contributed by atoms with Gasteiger partial charge in [-0.1, -0.05) is 6.92 Å². The Bertz CT molecular complexity index is 470. The molecule has 6 heteroatoms. The highest BCUT2D eigenvalue weighted by Crippen LogP contribution is 2.25. The monoisotopic (exact) mass is 284 g/mol. The predicted molar refractivity (Wildman–Crippen MR) is 75.5 cm³/mol. The Hall–Kier alpha value is -1.56. The first-order valence-corrected chi connectivity index (χ1v) is 6.97. The number of carbonyl (C=O) groups excluding carboxylic acids is 1. The van der Waals surface area contributed by atoms with E-state index in [0.29, 0.717) is 0 Å². The van der Waals surface area contributed by atoms with E-state index in [1.807, 2.05) is 20.8 Å². The summed E-state index contributed by atoms with van der Waals surface area (Å²) in [6.07, 6.45) is 0. The highest BCUT2D eigenvalue weighted by molar-refractivity contribution is 7.12. The molecule has 3 N–H and O–H groups in total. The highest BCUT2D eigenvalue weighted by atomic mass is 32.1. The third-order valence-corrected chi connectivity index (χ3v) is 3.87. The van der Waals surface area contributed by atoms with Crippen LogP contribution in [0.4, 0.5) is 4.79 Å². The summed E-state index contributed by atoms with van der Waals surface area (Å²) in [7, 11) is 0. The number of rotatable bonds is 5. The van der Waals surface area contributed by atoms with Crippen LogP contribution in [0.5, 0.6) is 0 Å². The quantitative estimate of drug-likeness (QED) is 0.777. The minimum Gasteiger partial charge on any atom is -0.481 e. The second kappa shape index (κ2) is 6.56. The summed E-state index contributed by atoms with van der Waals surface area (Å²) >= 11 is 1.70. The van der Waals surface area contributed by atoms with Crippen molar-refractivity contribution in [3.8, 4) is 0 Å². The normalized spacial score (nSPS) is 13.7. The zero-order chi connectivity index (χ0) is 14.6. The van der Waals surface area contributed by atoms with Crippen LogP contribution in [-0.4, -0.2) is 23.7 Å². The molecule has 0 spiro atoms. The van der Waals surface area contributed by atoms with Crippen LogP contribution in [0.3, 0.4) is 0 Å². The van der Waals surface area contributed by atoms with Gasteiger partial charge in [0.15, 0.2) is 0 Å². The third-order valence-electron chi connectivity index (χ3n) is 2.88. The maximum Gasteiger partial charge on any atom is 0.315 e. The van der Waals surface area contributed by atoms with Crippen molar-refractivity contribution in [2.24, 2.45) is 5.92 Å². The molecule has 2 unspecified atom stereocenters. The largest absolute Gasteiger partial charge is 0.481 e. The van der Waals surface area contributed by atoms with Gasteiger partial charge in [0.2, 0.25) is 0 Å². The summed E-state index contributed by atoms with van der Waals surface area (Å²) in [6.45, 7) is 7.64.